The van der Waals surface area contributed by atoms with Gasteiger partial charge in [0.2, 0.25) is 0 Å². The summed E-state index contributed by atoms with van der Waals surface area (Å²) < 4.78 is 2.58. The van der Waals surface area contributed by atoms with Crippen LogP contribution in [-0.2, 0) is 6.42 Å². The summed E-state index contributed by atoms with van der Waals surface area (Å²) in [5.41, 5.74) is -0.0384. The second-order valence-corrected chi connectivity index (χ2v) is 6.36. The van der Waals surface area contributed by atoms with Crippen molar-refractivity contribution in [1.29, 1.82) is 0 Å². The Balaban J connectivity index is 2.77. The molecule has 2 rings (SSSR count). The van der Waals surface area contributed by atoms with Gasteiger partial charge in [0.1, 0.15) is 5.15 Å². The normalized spacial score (nSPS) is 10.8. The van der Waals surface area contributed by atoms with E-state index in [2.05, 4.69) is 36.8 Å². The van der Waals surface area contributed by atoms with Crippen LogP contribution in [0.1, 0.15) is 18.9 Å². The molecule has 0 aliphatic rings. The Morgan fingerprint density at radius 2 is 2.00 bits per heavy atom. The predicted octanol–water partition coefficient (Wildman–Crippen LogP) is 3.66. The first-order valence-electron chi connectivity index (χ1n) is 5.94. The van der Waals surface area contributed by atoms with Crippen molar-refractivity contribution in [1.82, 2.24) is 9.55 Å². The Hall–Kier alpha value is -0.850. The first kappa shape index (κ1) is 15.5. The molecule has 0 amide bonds. The highest BCUT2D eigenvalue weighted by Gasteiger charge is 2.15. The Morgan fingerprint density at radius 3 is 2.60 bits per heavy atom. The number of aromatic nitrogens is 2. The molecule has 20 heavy (non-hydrogen) atoms. The molecule has 7 heteroatoms. The average Bonchev–Trinajstić information content (AvgIpc) is 2.37. The number of aromatic amines is 1. The van der Waals surface area contributed by atoms with Crippen LogP contribution in [0.5, 0.6) is 0 Å². The van der Waals surface area contributed by atoms with Crippen molar-refractivity contribution in [2.45, 2.75) is 19.8 Å². The van der Waals surface area contributed by atoms with E-state index in [0.29, 0.717) is 22.1 Å². The van der Waals surface area contributed by atoms with Gasteiger partial charge in [0.15, 0.2) is 0 Å². The van der Waals surface area contributed by atoms with Crippen LogP contribution in [0.2, 0.25) is 5.15 Å². The lowest BCUT2D eigenvalue weighted by Gasteiger charge is -2.10. The first-order chi connectivity index (χ1) is 9.45. The Labute approximate surface area is 137 Å². The van der Waals surface area contributed by atoms with Gasteiger partial charge in [0.25, 0.3) is 5.56 Å². The molecule has 2 aromatic rings. The molecule has 0 atom stereocenters. The van der Waals surface area contributed by atoms with Crippen molar-refractivity contribution in [2.75, 3.05) is 0 Å². The fourth-order valence-electron chi connectivity index (χ4n) is 1.89. The monoisotopic (exact) mass is 420 g/mol. The number of nitrogens with zero attached hydrogens (tertiary/aromatic N) is 1. The fraction of sp³-hybridized carbons (Fsp3) is 0.231. The number of hydrogen-bond donors (Lipinski definition) is 1. The minimum Gasteiger partial charge on any atom is -0.297 e. The van der Waals surface area contributed by atoms with Gasteiger partial charge in [-0.2, -0.15) is 0 Å². The van der Waals surface area contributed by atoms with Crippen LogP contribution in [0.4, 0.5) is 0 Å². The number of H-pyrrole nitrogens is 1. The molecule has 4 nitrogen and oxygen atoms in total. The second-order valence-electron chi connectivity index (χ2n) is 4.21. The van der Waals surface area contributed by atoms with E-state index in [4.69, 9.17) is 11.6 Å². The molecule has 0 saturated heterocycles. The van der Waals surface area contributed by atoms with Gasteiger partial charge in [-0.25, -0.2) is 9.36 Å². The lowest BCUT2D eigenvalue weighted by molar-refractivity contribution is 0.809. The molecule has 106 valence electrons. The van der Waals surface area contributed by atoms with E-state index in [-0.39, 0.29) is 10.7 Å². The van der Waals surface area contributed by atoms with Crippen LogP contribution in [0.15, 0.2) is 36.7 Å². The number of nitrogens with one attached hydrogen (secondary N) is 1. The zero-order valence-electron chi connectivity index (χ0n) is 10.5. The maximum absolute atomic E-state index is 12.5. The number of rotatable bonds is 3. The molecular formula is C13H11Br2ClN2O2. The molecule has 0 unspecified atom stereocenters. The molecule has 0 aliphatic carbocycles. The molecule has 1 aromatic heterocycles. The van der Waals surface area contributed by atoms with Gasteiger partial charge < -0.3 is 0 Å². The summed E-state index contributed by atoms with van der Waals surface area (Å²) in [6.07, 6.45) is 1.28. The van der Waals surface area contributed by atoms with E-state index in [0.717, 1.165) is 15.5 Å². The van der Waals surface area contributed by atoms with E-state index in [1.807, 2.05) is 6.92 Å². The van der Waals surface area contributed by atoms with Gasteiger partial charge in [0.05, 0.1) is 11.3 Å². The maximum atomic E-state index is 12.5. The third kappa shape index (κ3) is 2.92. The minimum atomic E-state index is -0.553. The highest BCUT2D eigenvalue weighted by Crippen LogP contribution is 2.23. The number of halogens is 3. The topological polar surface area (TPSA) is 54.9 Å². The molecule has 0 spiro atoms. The van der Waals surface area contributed by atoms with Crippen molar-refractivity contribution in [3.63, 3.8) is 0 Å². The molecule has 0 radical (unpaired) electrons. The van der Waals surface area contributed by atoms with Crippen molar-refractivity contribution < 1.29 is 0 Å². The lowest BCUT2D eigenvalue weighted by atomic mass is 10.2. The largest absolute Gasteiger partial charge is 0.334 e. The first-order valence-corrected chi connectivity index (χ1v) is 7.91. The zero-order chi connectivity index (χ0) is 14.9. The Bertz CT molecular complexity index is 768. The quantitative estimate of drug-likeness (QED) is 0.768. The highest BCUT2D eigenvalue weighted by atomic mass is 79.9. The van der Waals surface area contributed by atoms with Crippen LogP contribution in [0.3, 0.4) is 0 Å². The van der Waals surface area contributed by atoms with E-state index in [9.17, 15) is 9.59 Å². The van der Waals surface area contributed by atoms with Crippen molar-refractivity contribution in [3.05, 3.63) is 58.7 Å². The molecule has 1 N–H and O–H groups in total. The molecule has 1 aromatic carbocycles. The van der Waals surface area contributed by atoms with E-state index in [1.165, 1.54) is 0 Å². The maximum Gasteiger partial charge on any atom is 0.334 e. The SMILES string of the molecule is CCCc1c(Cl)[nH]c(=O)n(-c2ccc(Br)cc2Br)c1=O. The average molecular weight is 423 g/mol. The Morgan fingerprint density at radius 1 is 1.30 bits per heavy atom. The molecular weight excluding hydrogens is 411 g/mol. The molecule has 0 saturated carbocycles. The fourth-order valence-corrected chi connectivity index (χ4v) is 3.37. The summed E-state index contributed by atoms with van der Waals surface area (Å²) in [6.45, 7) is 1.95. The van der Waals surface area contributed by atoms with Gasteiger partial charge in [-0.3, -0.25) is 9.78 Å². The molecule has 0 bridgehead atoms. The van der Waals surface area contributed by atoms with Crippen LogP contribution >= 0.6 is 43.5 Å². The van der Waals surface area contributed by atoms with Gasteiger partial charge in [-0.15, -0.1) is 0 Å². The standard InChI is InChI=1S/C13H11Br2ClN2O2/c1-2-3-8-11(16)17-13(20)18(12(8)19)10-5-4-7(14)6-9(10)15/h4-6H,2-3H2,1H3,(H,17,20). The minimum absolute atomic E-state index is 0.117. The summed E-state index contributed by atoms with van der Waals surface area (Å²) >= 11 is 12.6. The highest BCUT2D eigenvalue weighted by molar-refractivity contribution is 9.11. The third-order valence-electron chi connectivity index (χ3n) is 2.80. The van der Waals surface area contributed by atoms with Crippen LogP contribution in [0, 0.1) is 0 Å². The summed E-state index contributed by atoms with van der Waals surface area (Å²) in [6, 6.07) is 5.23. The van der Waals surface area contributed by atoms with E-state index >= 15 is 0 Å². The van der Waals surface area contributed by atoms with Gasteiger partial charge >= 0.3 is 5.69 Å². The van der Waals surface area contributed by atoms with Crippen molar-refractivity contribution >= 4 is 43.5 Å². The third-order valence-corrected chi connectivity index (χ3v) is 4.25. The molecule has 0 fully saturated rings. The van der Waals surface area contributed by atoms with Gasteiger partial charge in [-0.1, -0.05) is 40.9 Å². The molecule has 1 heterocycles. The van der Waals surface area contributed by atoms with Crippen molar-refractivity contribution in [3.8, 4) is 5.69 Å². The van der Waals surface area contributed by atoms with Crippen LogP contribution in [0.25, 0.3) is 5.69 Å². The summed E-state index contributed by atoms with van der Waals surface area (Å²) in [4.78, 5) is 27.0. The van der Waals surface area contributed by atoms with Gasteiger partial charge in [-0.05, 0) is 40.5 Å². The van der Waals surface area contributed by atoms with E-state index < -0.39 is 5.69 Å². The van der Waals surface area contributed by atoms with Crippen LogP contribution < -0.4 is 11.2 Å². The second kappa shape index (κ2) is 6.28. The van der Waals surface area contributed by atoms with Crippen molar-refractivity contribution in [2.24, 2.45) is 0 Å². The summed E-state index contributed by atoms with van der Waals surface area (Å²) in [5.74, 6) is 0. The number of hydrogen-bond acceptors (Lipinski definition) is 2. The smallest absolute Gasteiger partial charge is 0.297 e. The van der Waals surface area contributed by atoms with Crippen LogP contribution in [-0.4, -0.2) is 9.55 Å². The lowest BCUT2D eigenvalue weighted by Crippen LogP contribution is -2.36. The van der Waals surface area contributed by atoms with E-state index in [1.54, 1.807) is 18.2 Å². The summed E-state index contributed by atoms with van der Waals surface area (Å²) in [7, 11) is 0. The summed E-state index contributed by atoms with van der Waals surface area (Å²) in [5, 5.41) is 0.117. The Kier molecular flexibility index (Phi) is 4.88. The van der Waals surface area contributed by atoms with Gasteiger partial charge in [0, 0.05) is 8.95 Å². The zero-order valence-corrected chi connectivity index (χ0v) is 14.5. The predicted molar refractivity (Wildman–Crippen MR) is 87.1 cm³/mol. The number of benzene rings is 1. The molecule has 0 aliphatic heterocycles.